The molecule has 1 aromatic carbocycles. The smallest absolute Gasteiger partial charge is 0.251 e. The molecule has 8 nitrogen and oxygen atoms in total. The number of aliphatic hydroxyl groups is 1. The summed E-state index contributed by atoms with van der Waals surface area (Å²) in [6.07, 6.45) is 5.13. The number of rotatable bonds is 11. The summed E-state index contributed by atoms with van der Waals surface area (Å²) in [4.78, 5) is 27.4. The molecule has 0 radical (unpaired) electrons. The van der Waals surface area contributed by atoms with Crippen LogP contribution in [-0.4, -0.2) is 50.8 Å². The highest BCUT2D eigenvalue weighted by Gasteiger charge is 2.35. The number of aromatic nitrogens is 2. The van der Waals surface area contributed by atoms with Crippen molar-refractivity contribution in [2.45, 2.75) is 45.7 Å². The van der Waals surface area contributed by atoms with E-state index in [1.54, 1.807) is 41.2 Å². The Bertz CT molecular complexity index is 974. The number of para-hydroxylation sites is 1. The lowest BCUT2D eigenvalue weighted by atomic mass is 9.97. The van der Waals surface area contributed by atoms with Crippen LogP contribution in [-0.2, 0) is 16.1 Å². The molecule has 2 atom stereocenters. The Balaban J connectivity index is 1.71. The molecule has 0 fully saturated rings. The summed E-state index contributed by atoms with van der Waals surface area (Å²) in [6.45, 7) is 4.92. The number of aliphatic hydroxyl groups excluding tert-OH is 1. The third kappa shape index (κ3) is 6.11. The molecule has 2 aromatic rings. The zero-order valence-electron chi connectivity index (χ0n) is 18.3. The molecular weight excluding hydrogens is 432 g/mol. The van der Waals surface area contributed by atoms with Crippen molar-refractivity contribution in [3.8, 4) is 5.75 Å². The summed E-state index contributed by atoms with van der Waals surface area (Å²) >= 11 is 6.16. The number of nitrogens with one attached hydrogen (secondary N) is 1. The molecule has 3 rings (SSSR count). The minimum absolute atomic E-state index is 0.0706. The van der Waals surface area contributed by atoms with Gasteiger partial charge in [-0.2, -0.15) is 5.10 Å². The molecule has 0 bridgehead atoms. The lowest BCUT2D eigenvalue weighted by molar-refractivity contribution is -0.134. The Morgan fingerprint density at radius 2 is 2.12 bits per heavy atom. The number of carbonyl (C=O) groups excluding carboxylic acids is 2. The number of hydrogen-bond donors (Lipinski definition) is 2. The van der Waals surface area contributed by atoms with Crippen molar-refractivity contribution in [1.29, 1.82) is 0 Å². The minimum atomic E-state index is -0.663. The van der Waals surface area contributed by atoms with Crippen molar-refractivity contribution in [3.05, 3.63) is 53.4 Å². The van der Waals surface area contributed by atoms with Crippen LogP contribution in [0.4, 0.5) is 5.82 Å². The molecule has 2 amide bonds. The molecule has 0 spiro atoms. The summed E-state index contributed by atoms with van der Waals surface area (Å²) < 4.78 is 7.49. The van der Waals surface area contributed by atoms with Crippen molar-refractivity contribution < 1.29 is 19.4 Å². The zero-order valence-corrected chi connectivity index (χ0v) is 19.1. The SMILES string of the molecule is CC[C@H](C)C[C@@H](C(=O)Nc1ccn(CCCO)n1)N1CC(Oc2ccccc2Cl)=CC1=O. The van der Waals surface area contributed by atoms with Gasteiger partial charge in [0, 0.05) is 31.5 Å². The second kappa shape index (κ2) is 11.2. The predicted octanol–water partition coefficient (Wildman–Crippen LogP) is 3.47. The number of anilines is 1. The fourth-order valence-electron chi connectivity index (χ4n) is 3.43. The maximum atomic E-state index is 13.2. The topological polar surface area (TPSA) is 96.7 Å². The molecule has 0 saturated carbocycles. The fraction of sp³-hybridized carbons (Fsp3) is 0.435. The third-order valence-electron chi connectivity index (χ3n) is 5.41. The first-order valence-corrected chi connectivity index (χ1v) is 11.2. The summed E-state index contributed by atoms with van der Waals surface area (Å²) in [6, 6.07) is 8.08. The maximum Gasteiger partial charge on any atom is 0.251 e. The monoisotopic (exact) mass is 460 g/mol. The van der Waals surface area contributed by atoms with E-state index >= 15 is 0 Å². The van der Waals surface area contributed by atoms with Crippen LogP contribution in [0.25, 0.3) is 0 Å². The first-order chi connectivity index (χ1) is 15.4. The third-order valence-corrected chi connectivity index (χ3v) is 5.72. The molecule has 1 aliphatic rings. The largest absolute Gasteiger partial charge is 0.458 e. The van der Waals surface area contributed by atoms with E-state index in [4.69, 9.17) is 21.4 Å². The number of aryl methyl sites for hydroxylation is 1. The quantitative estimate of drug-likeness (QED) is 0.535. The van der Waals surface area contributed by atoms with E-state index in [0.717, 1.165) is 6.42 Å². The lowest BCUT2D eigenvalue weighted by Crippen LogP contribution is -2.46. The Kier molecular flexibility index (Phi) is 8.30. The van der Waals surface area contributed by atoms with E-state index in [1.165, 1.54) is 11.0 Å². The molecule has 172 valence electrons. The molecule has 9 heteroatoms. The first-order valence-electron chi connectivity index (χ1n) is 10.8. The molecule has 0 saturated heterocycles. The average molecular weight is 461 g/mol. The van der Waals surface area contributed by atoms with Gasteiger partial charge in [-0.15, -0.1) is 0 Å². The molecule has 1 aliphatic heterocycles. The van der Waals surface area contributed by atoms with Gasteiger partial charge in [0.25, 0.3) is 5.91 Å². The highest BCUT2D eigenvalue weighted by atomic mass is 35.5. The first kappa shape index (κ1) is 23.8. The summed E-state index contributed by atoms with van der Waals surface area (Å²) in [5.74, 6) is 0.996. The second-order valence-electron chi connectivity index (χ2n) is 7.90. The Labute approximate surface area is 192 Å². The van der Waals surface area contributed by atoms with E-state index in [0.29, 0.717) is 41.7 Å². The molecular formula is C23H29ClN4O4. The normalized spacial score (nSPS) is 15.4. The second-order valence-corrected chi connectivity index (χ2v) is 8.31. The van der Waals surface area contributed by atoms with Crippen LogP contribution >= 0.6 is 11.6 Å². The molecule has 0 aliphatic carbocycles. The van der Waals surface area contributed by atoms with Crippen LogP contribution in [0.5, 0.6) is 5.75 Å². The molecule has 2 N–H and O–H groups in total. The van der Waals surface area contributed by atoms with Crippen molar-refractivity contribution in [3.63, 3.8) is 0 Å². The highest BCUT2D eigenvalue weighted by Crippen LogP contribution is 2.28. The van der Waals surface area contributed by atoms with Gasteiger partial charge in [0.2, 0.25) is 5.91 Å². The van der Waals surface area contributed by atoms with E-state index in [-0.39, 0.29) is 30.9 Å². The van der Waals surface area contributed by atoms with Gasteiger partial charge in [0.05, 0.1) is 11.6 Å². The van der Waals surface area contributed by atoms with E-state index in [1.807, 2.05) is 0 Å². The van der Waals surface area contributed by atoms with Gasteiger partial charge in [0.15, 0.2) is 5.82 Å². The molecule has 0 unspecified atom stereocenters. The molecule has 32 heavy (non-hydrogen) atoms. The predicted molar refractivity (Wildman–Crippen MR) is 122 cm³/mol. The van der Waals surface area contributed by atoms with Gasteiger partial charge >= 0.3 is 0 Å². The van der Waals surface area contributed by atoms with Gasteiger partial charge < -0.3 is 20.1 Å². The van der Waals surface area contributed by atoms with Crippen molar-refractivity contribution in [2.24, 2.45) is 5.92 Å². The number of ether oxygens (including phenoxy) is 1. The Morgan fingerprint density at radius 1 is 1.34 bits per heavy atom. The molecule has 1 aromatic heterocycles. The van der Waals surface area contributed by atoms with Crippen LogP contribution in [0.15, 0.2) is 48.4 Å². The summed E-state index contributed by atoms with van der Waals surface area (Å²) in [7, 11) is 0. The number of benzene rings is 1. The zero-order chi connectivity index (χ0) is 23.1. The van der Waals surface area contributed by atoms with Crippen molar-refractivity contribution >= 4 is 29.2 Å². The van der Waals surface area contributed by atoms with Crippen molar-refractivity contribution in [2.75, 3.05) is 18.5 Å². The van der Waals surface area contributed by atoms with Crippen molar-refractivity contribution in [1.82, 2.24) is 14.7 Å². The fourth-order valence-corrected chi connectivity index (χ4v) is 3.60. The Morgan fingerprint density at radius 3 is 2.84 bits per heavy atom. The number of halogens is 1. The van der Waals surface area contributed by atoms with E-state index in [9.17, 15) is 9.59 Å². The minimum Gasteiger partial charge on any atom is -0.458 e. The lowest BCUT2D eigenvalue weighted by Gasteiger charge is -2.28. The number of carbonyl (C=O) groups is 2. The van der Waals surface area contributed by atoms with Gasteiger partial charge in [0.1, 0.15) is 17.6 Å². The highest BCUT2D eigenvalue weighted by molar-refractivity contribution is 6.32. The van der Waals surface area contributed by atoms with Crippen LogP contribution in [0.3, 0.4) is 0 Å². The molecule has 2 heterocycles. The standard InChI is InChI=1S/C23H29ClN4O4/c1-3-16(2)13-19(23(31)25-21-9-11-27(26-21)10-6-12-29)28-15-17(14-22(28)30)32-20-8-5-4-7-18(20)24/h4-5,7-9,11,14,16,19,29H,3,6,10,12-13,15H2,1-2H3,(H,25,26,31)/t16-,19-/m0/s1. The number of nitrogens with zero attached hydrogens (tertiary/aromatic N) is 3. The maximum absolute atomic E-state index is 13.2. The van der Waals surface area contributed by atoms with Crippen LogP contribution in [0.2, 0.25) is 5.02 Å². The average Bonchev–Trinajstić information content (AvgIpc) is 3.37. The van der Waals surface area contributed by atoms with E-state index in [2.05, 4.69) is 24.3 Å². The van der Waals surface area contributed by atoms with Crippen LogP contribution < -0.4 is 10.1 Å². The number of amides is 2. The van der Waals surface area contributed by atoms with Crippen LogP contribution in [0.1, 0.15) is 33.1 Å². The number of hydrogen-bond acceptors (Lipinski definition) is 5. The van der Waals surface area contributed by atoms with Crippen LogP contribution in [0, 0.1) is 5.92 Å². The summed E-state index contributed by atoms with van der Waals surface area (Å²) in [5, 5.41) is 16.6. The van der Waals surface area contributed by atoms with Gasteiger partial charge in [-0.05, 0) is 30.9 Å². The van der Waals surface area contributed by atoms with Gasteiger partial charge in [-0.3, -0.25) is 14.3 Å². The van der Waals surface area contributed by atoms with E-state index < -0.39 is 6.04 Å². The summed E-state index contributed by atoms with van der Waals surface area (Å²) in [5.41, 5.74) is 0. The Hall–Kier alpha value is -2.84. The van der Waals surface area contributed by atoms with Gasteiger partial charge in [-0.25, -0.2) is 0 Å². The van der Waals surface area contributed by atoms with Gasteiger partial charge in [-0.1, -0.05) is 44.0 Å².